The van der Waals surface area contributed by atoms with Gasteiger partial charge in [-0.3, -0.25) is 9.69 Å². The predicted octanol–water partition coefficient (Wildman–Crippen LogP) is 4.11. The summed E-state index contributed by atoms with van der Waals surface area (Å²) in [5.74, 6) is -0.521. The van der Waals surface area contributed by atoms with Crippen LogP contribution >= 0.6 is 0 Å². The molecule has 0 fully saturated rings. The Morgan fingerprint density at radius 2 is 2.00 bits per heavy atom. The van der Waals surface area contributed by atoms with Gasteiger partial charge in [0, 0.05) is 19.4 Å². The van der Waals surface area contributed by atoms with Crippen LogP contribution in [0.2, 0.25) is 0 Å². The van der Waals surface area contributed by atoms with E-state index in [1.165, 1.54) is 6.92 Å². The number of carbonyl (C=O) groups excluding carboxylic acids is 2. The van der Waals surface area contributed by atoms with Crippen LogP contribution in [-0.2, 0) is 14.3 Å². The highest BCUT2D eigenvalue weighted by atomic mass is 16.6. The summed E-state index contributed by atoms with van der Waals surface area (Å²) in [7, 11) is 0. The Hall–Kier alpha value is -3.07. The van der Waals surface area contributed by atoms with Crippen LogP contribution in [0.25, 0.3) is 10.8 Å². The Balaban J connectivity index is 2.07. The Kier molecular flexibility index (Phi) is 4.79. The van der Waals surface area contributed by atoms with Crippen molar-refractivity contribution in [1.82, 2.24) is 0 Å². The fourth-order valence-corrected chi connectivity index (χ4v) is 3.33. The number of nitriles is 1. The van der Waals surface area contributed by atoms with Crippen LogP contribution in [0.3, 0.4) is 0 Å². The molecule has 27 heavy (non-hydrogen) atoms. The highest BCUT2D eigenvalue weighted by Crippen LogP contribution is 2.42. The second kappa shape index (κ2) is 6.92. The lowest BCUT2D eigenvalue weighted by Crippen LogP contribution is -2.36. The minimum atomic E-state index is -0.607. The molecule has 1 amide bonds. The zero-order chi connectivity index (χ0) is 19.8. The summed E-state index contributed by atoms with van der Waals surface area (Å²) in [6, 6.07) is 11.3. The lowest BCUT2D eigenvalue weighted by molar-refractivity contribution is -0.141. The van der Waals surface area contributed by atoms with Crippen LogP contribution in [-0.4, -0.2) is 30.8 Å². The zero-order valence-corrected chi connectivity index (χ0v) is 15.9. The maximum absolute atomic E-state index is 12.7. The molecular weight excluding hydrogens is 344 g/mol. The number of hydrogen-bond acceptors (Lipinski definition) is 5. The summed E-state index contributed by atoms with van der Waals surface area (Å²) in [6.07, 6.45) is -0.429. The van der Waals surface area contributed by atoms with Gasteiger partial charge >= 0.3 is 12.1 Å². The highest BCUT2D eigenvalue weighted by Gasteiger charge is 2.36. The molecule has 6 heteroatoms. The molecule has 0 saturated heterocycles. The standard InChI is InChI=1S/C21H22N2O4/c1-13(24)26-12-16-11-23(20(25)27-21(2,3)4)18-8-6-15-9-14(10-22)5-7-17(15)19(16)18/h5-9,16H,11-12H2,1-4H3. The van der Waals surface area contributed by atoms with Gasteiger partial charge in [-0.05, 0) is 55.3 Å². The first-order valence-corrected chi connectivity index (χ1v) is 8.80. The van der Waals surface area contributed by atoms with Crippen molar-refractivity contribution in [3.8, 4) is 6.07 Å². The first-order valence-electron chi connectivity index (χ1n) is 8.80. The largest absolute Gasteiger partial charge is 0.465 e. The molecule has 1 atom stereocenters. The maximum Gasteiger partial charge on any atom is 0.414 e. The third kappa shape index (κ3) is 3.87. The molecule has 1 aliphatic heterocycles. The van der Waals surface area contributed by atoms with Crippen LogP contribution in [0.5, 0.6) is 0 Å². The molecule has 2 aromatic rings. The van der Waals surface area contributed by atoms with E-state index in [0.717, 1.165) is 22.0 Å². The average Bonchev–Trinajstić information content (AvgIpc) is 2.97. The molecule has 0 radical (unpaired) electrons. The van der Waals surface area contributed by atoms with Crippen molar-refractivity contribution in [1.29, 1.82) is 5.26 Å². The first kappa shape index (κ1) is 18.7. The molecule has 0 N–H and O–H groups in total. The van der Waals surface area contributed by atoms with Gasteiger partial charge in [0.05, 0.1) is 23.9 Å². The van der Waals surface area contributed by atoms with Gasteiger partial charge in [-0.1, -0.05) is 12.1 Å². The molecule has 0 spiro atoms. The van der Waals surface area contributed by atoms with Crippen molar-refractivity contribution in [3.63, 3.8) is 0 Å². The van der Waals surface area contributed by atoms with Crippen LogP contribution in [0.4, 0.5) is 10.5 Å². The molecule has 1 aliphatic rings. The second-order valence-electron chi connectivity index (χ2n) is 7.64. The van der Waals surface area contributed by atoms with E-state index in [-0.39, 0.29) is 18.5 Å². The third-order valence-corrected chi connectivity index (χ3v) is 4.37. The van der Waals surface area contributed by atoms with Crippen LogP contribution < -0.4 is 4.90 Å². The molecule has 0 aromatic heterocycles. The van der Waals surface area contributed by atoms with E-state index in [2.05, 4.69) is 6.07 Å². The van der Waals surface area contributed by atoms with Gasteiger partial charge < -0.3 is 9.47 Å². The van der Waals surface area contributed by atoms with Crippen LogP contribution in [0, 0.1) is 11.3 Å². The van der Waals surface area contributed by atoms with Gasteiger partial charge in [-0.25, -0.2) is 4.79 Å². The fourth-order valence-electron chi connectivity index (χ4n) is 3.33. The molecule has 1 heterocycles. The average molecular weight is 366 g/mol. The van der Waals surface area contributed by atoms with E-state index in [9.17, 15) is 9.59 Å². The Morgan fingerprint density at radius 3 is 2.63 bits per heavy atom. The Bertz CT molecular complexity index is 953. The molecule has 2 aromatic carbocycles. The highest BCUT2D eigenvalue weighted by molar-refractivity contribution is 5.99. The SMILES string of the molecule is CC(=O)OCC1CN(C(=O)OC(C)(C)C)c2ccc3cc(C#N)ccc3c21. The number of esters is 1. The minimum absolute atomic E-state index is 0.159. The third-order valence-electron chi connectivity index (χ3n) is 4.37. The number of anilines is 1. The summed E-state index contributed by atoms with van der Waals surface area (Å²) in [5, 5.41) is 11.0. The van der Waals surface area contributed by atoms with Crippen molar-refractivity contribution in [3.05, 3.63) is 41.5 Å². The van der Waals surface area contributed by atoms with Gasteiger partial charge in [-0.2, -0.15) is 5.26 Å². The number of amides is 1. The number of nitrogens with zero attached hydrogens (tertiary/aromatic N) is 2. The lowest BCUT2D eigenvalue weighted by atomic mass is 9.94. The van der Waals surface area contributed by atoms with Crippen molar-refractivity contribution in [2.75, 3.05) is 18.1 Å². The van der Waals surface area contributed by atoms with Gasteiger partial charge in [-0.15, -0.1) is 0 Å². The van der Waals surface area contributed by atoms with E-state index < -0.39 is 11.7 Å². The monoisotopic (exact) mass is 366 g/mol. The number of hydrogen-bond donors (Lipinski definition) is 0. The lowest BCUT2D eigenvalue weighted by Gasteiger charge is -2.25. The molecule has 0 aliphatic carbocycles. The number of benzene rings is 2. The van der Waals surface area contributed by atoms with Crippen molar-refractivity contribution >= 4 is 28.5 Å². The molecular formula is C21H22N2O4. The van der Waals surface area contributed by atoms with Crippen LogP contribution in [0.1, 0.15) is 44.7 Å². The molecule has 1 unspecified atom stereocenters. The number of fused-ring (bicyclic) bond motifs is 3. The van der Waals surface area contributed by atoms with Crippen molar-refractivity contribution < 1.29 is 19.1 Å². The summed E-state index contributed by atoms with van der Waals surface area (Å²) < 4.78 is 10.8. The quantitative estimate of drug-likeness (QED) is 0.747. The summed E-state index contributed by atoms with van der Waals surface area (Å²) in [6.45, 7) is 7.38. The Morgan fingerprint density at radius 1 is 1.26 bits per heavy atom. The number of ether oxygens (including phenoxy) is 2. The van der Waals surface area contributed by atoms with E-state index in [1.54, 1.807) is 11.0 Å². The second-order valence-corrected chi connectivity index (χ2v) is 7.64. The molecule has 6 nitrogen and oxygen atoms in total. The van der Waals surface area contributed by atoms with Gasteiger partial charge in [0.25, 0.3) is 0 Å². The summed E-state index contributed by atoms with van der Waals surface area (Å²) in [4.78, 5) is 25.6. The van der Waals surface area contributed by atoms with Crippen LogP contribution in [0.15, 0.2) is 30.3 Å². The summed E-state index contributed by atoms with van der Waals surface area (Å²) >= 11 is 0. The summed E-state index contributed by atoms with van der Waals surface area (Å²) in [5.41, 5.74) is 1.65. The Labute approximate surface area is 158 Å². The number of carbonyl (C=O) groups is 2. The first-order chi connectivity index (χ1) is 12.7. The van der Waals surface area contributed by atoms with E-state index in [1.807, 2.05) is 45.0 Å². The molecule has 0 bridgehead atoms. The molecule has 0 saturated carbocycles. The minimum Gasteiger partial charge on any atom is -0.465 e. The van der Waals surface area contributed by atoms with Gasteiger partial charge in [0.15, 0.2) is 0 Å². The van der Waals surface area contributed by atoms with Crippen molar-refractivity contribution in [2.45, 2.75) is 39.2 Å². The molecule has 140 valence electrons. The number of rotatable bonds is 2. The predicted molar refractivity (Wildman–Crippen MR) is 102 cm³/mol. The van der Waals surface area contributed by atoms with E-state index >= 15 is 0 Å². The maximum atomic E-state index is 12.7. The fraction of sp³-hybridized carbons (Fsp3) is 0.381. The smallest absolute Gasteiger partial charge is 0.414 e. The van der Waals surface area contributed by atoms with Crippen molar-refractivity contribution in [2.24, 2.45) is 0 Å². The van der Waals surface area contributed by atoms with Gasteiger partial charge in [0.1, 0.15) is 5.60 Å². The molecule has 3 rings (SSSR count). The van der Waals surface area contributed by atoms with Gasteiger partial charge in [0.2, 0.25) is 0 Å². The zero-order valence-electron chi connectivity index (χ0n) is 15.9. The van der Waals surface area contributed by atoms with E-state index in [4.69, 9.17) is 14.7 Å². The normalized spacial score (nSPS) is 16.0. The topological polar surface area (TPSA) is 79.6 Å². The van der Waals surface area contributed by atoms with E-state index in [0.29, 0.717) is 12.1 Å².